The lowest BCUT2D eigenvalue weighted by Gasteiger charge is -2.27. The van der Waals surface area contributed by atoms with Gasteiger partial charge < -0.3 is 34.5 Å². The molecular formula is C24H36FN3O11. The third kappa shape index (κ3) is 7.86. The zero-order valence-corrected chi connectivity index (χ0v) is 22.9. The fourth-order valence-electron chi connectivity index (χ4n) is 3.42. The summed E-state index contributed by atoms with van der Waals surface area (Å²) in [6.07, 6.45) is -6.16. The minimum atomic E-state index is -3.17. The van der Waals surface area contributed by atoms with Crippen LogP contribution in [0.3, 0.4) is 0 Å². The van der Waals surface area contributed by atoms with Crippen LogP contribution in [0.5, 0.6) is 0 Å². The Bertz CT molecular complexity index is 1170. The maximum absolute atomic E-state index is 15.6. The molecule has 1 aliphatic rings. The molecule has 1 fully saturated rings. The molecule has 1 aliphatic heterocycles. The standard InChI is InChI=1S/C24H36FN3O11/c1-12(2)15(26-21(34)39-23(5,6)7)20(33)36-10-24(25)17(31)16(30)18(38-24)27-9-8-14(29)28(22(27)35)11-37-19(32)13(3)4/h8-9,12-13,15-18,30-31H,10-11H2,1-7H3,(H,26,34)/t15-,16+,17-,18+,24+/m0/s1. The Morgan fingerprint density at radius 1 is 1.13 bits per heavy atom. The van der Waals surface area contributed by atoms with Crippen molar-refractivity contribution in [3.05, 3.63) is 33.1 Å². The Morgan fingerprint density at radius 3 is 2.28 bits per heavy atom. The summed E-state index contributed by atoms with van der Waals surface area (Å²) < 4.78 is 36.8. The molecule has 1 amide bonds. The molecule has 1 aromatic rings. The predicted octanol–water partition coefficient (Wildman–Crippen LogP) is 0.176. The molecule has 0 spiro atoms. The van der Waals surface area contributed by atoms with E-state index in [1.165, 1.54) is 0 Å². The van der Waals surface area contributed by atoms with Gasteiger partial charge in [-0.3, -0.25) is 14.2 Å². The van der Waals surface area contributed by atoms with E-state index in [0.29, 0.717) is 9.13 Å². The van der Waals surface area contributed by atoms with Crippen LogP contribution < -0.4 is 16.6 Å². The van der Waals surface area contributed by atoms with Gasteiger partial charge in [-0.05, 0) is 26.7 Å². The van der Waals surface area contributed by atoms with Crippen molar-refractivity contribution in [1.82, 2.24) is 14.5 Å². The van der Waals surface area contributed by atoms with Gasteiger partial charge in [0, 0.05) is 12.3 Å². The first-order valence-corrected chi connectivity index (χ1v) is 12.3. The SMILES string of the molecule is CC(C)C(=O)OCn1c(=O)ccn([C@@H]2O[C@](F)(COC(=O)[C@@H](NC(=O)OC(C)(C)C)C(C)C)[C@@H](O)[C@H]2O)c1=O. The topological polar surface area (TPSA) is 185 Å². The van der Waals surface area contributed by atoms with Gasteiger partial charge in [-0.25, -0.2) is 23.3 Å². The average molecular weight is 562 g/mol. The molecular weight excluding hydrogens is 525 g/mol. The second-order valence-corrected chi connectivity index (χ2v) is 10.7. The van der Waals surface area contributed by atoms with Gasteiger partial charge in [0.25, 0.3) is 11.4 Å². The second-order valence-electron chi connectivity index (χ2n) is 10.7. The van der Waals surface area contributed by atoms with Crippen LogP contribution in [0.15, 0.2) is 21.9 Å². The Labute approximate surface area is 223 Å². The molecule has 5 atom stereocenters. The normalized spacial score (nSPS) is 23.9. The minimum Gasteiger partial charge on any atom is -0.458 e. The number of nitrogens with one attached hydrogen (secondary N) is 1. The molecule has 0 aromatic carbocycles. The number of hydrogen-bond acceptors (Lipinski definition) is 11. The summed E-state index contributed by atoms with van der Waals surface area (Å²) >= 11 is 0. The maximum Gasteiger partial charge on any atom is 0.408 e. The zero-order valence-electron chi connectivity index (χ0n) is 22.9. The number of alkyl carbamates (subject to hydrolysis) is 1. The minimum absolute atomic E-state index is 0.502. The molecule has 0 saturated carbocycles. The van der Waals surface area contributed by atoms with Gasteiger partial charge in [0.05, 0.1) is 5.92 Å². The first-order chi connectivity index (χ1) is 17.9. The fourth-order valence-corrected chi connectivity index (χ4v) is 3.42. The Balaban J connectivity index is 2.19. The summed E-state index contributed by atoms with van der Waals surface area (Å²) in [5.41, 5.74) is -2.82. The van der Waals surface area contributed by atoms with Gasteiger partial charge in [0.2, 0.25) is 0 Å². The number of amides is 1. The molecule has 3 N–H and O–H groups in total. The largest absolute Gasteiger partial charge is 0.458 e. The molecule has 0 unspecified atom stereocenters. The number of nitrogens with zero attached hydrogens (tertiary/aromatic N) is 2. The monoisotopic (exact) mass is 561 g/mol. The van der Waals surface area contributed by atoms with Crippen molar-refractivity contribution in [2.24, 2.45) is 11.8 Å². The van der Waals surface area contributed by atoms with Gasteiger partial charge in [-0.2, -0.15) is 0 Å². The molecule has 0 radical (unpaired) electrons. The number of aromatic nitrogens is 2. The summed E-state index contributed by atoms with van der Waals surface area (Å²) in [7, 11) is 0. The molecule has 0 aliphatic carbocycles. The van der Waals surface area contributed by atoms with E-state index < -0.39 is 90.4 Å². The van der Waals surface area contributed by atoms with Crippen molar-refractivity contribution in [3.8, 4) is 0 Å². The molecule has 14 nitrogen and oxygen atoms in total. The van der Waals surface area contributed by atoms with E-state index in [9.17, 15) is 34.2 Å². The molecule has 39 heavy (non-hydrogen) atoms. The highest BCUT2D eigenvalue weighted by Gasteiger charge is 2.57. The summed E-state index contributed by atoms with van der Waals surface area (Å²) in [6.45, 7) is 9.19. The van der Waals surface area contributed by atoms with E-state index in [2.05, 4.69) is 5.32 Å². The van der Waals surface area contributed by atoms with Crippen molar-refractivity contribution in [1.29, 1.82) is 0 Å². The quantitative estimate of drug-likeness (QED) is 0.276. The predicted molar refractivity (Wildman–Crippen MR) is 131 cm³/mol. The number of rotatable bonds is 9. The Kier molecular flexibility index (Phi) is 10.0. The van der Waals surface area contributed by atoms with Crippen LogP contribution in [0.1, 0.15) is 54.7 Å². The van der Waals surface area contributed by atoms with Crippen molar-refractivity contribution in [3.63, 3.8) is 0 Å². The molecule has 0 bridgehead atoms. The smallest absolute Gasteiger partial charge is 0.408 e. The summed E-state index contributed by atoms with van der Waals surface area (Å²) in [6, 6.07) is -0.358. The van der Waals surface area contributed by atoms with E-state index in [0.717, 1.165) is 12.3 Å². The molecule has 220 valence electrons. The molecule has 2 rings (SSSR count). The molecule has 15 heteroatoms. The van der Waals surface area contributed by atoms with Crippen LogP contribution in [0.4, 0.5) is 9.18 Å². The van der Waals surface area contributed by atoms with E-state index in [1.807, 2.05) is 0 Å². The van der Waals surface area contributed by atoms with Crippen molar-refractivity contribution < 1.29 is 47.9 Å². The molecule has 2 heterocycles. The van der Waals surface area contributed by atoms with Crippen molar-refractivity contribution in [2.45, 2.75) is 91.1 Å². The Hall–Kier alpha value is -3.30. The van der Waals surface area contributed by atoms with E-state index in [1.54, 1.807) is 48.5 Å². The summed E-state index contributed by atoms with van der Waals surface area (Å²) in [5.74, 6) is -5.96. The number of carbonyl (C=O) groups is 3. The number of hydrogen-bond donors (Lipinski definition) is 3. The average Bonchev–Trinajstić information content (AvgIpc) is 3.03. The first kappa shape index (κ1) is 31.9. The zero-order chi connectivity index (χ0) is 29.9. The van der Waals surface area contributed by atoms with Crippen LogP contribution in [-0.4, -0.2) is 73.7 Å². The van der Waals surface area contributed by atoms with E-state index >= 15 is 4.39 Å². The highest BCUT2D eigenvalue weighted by atomic mass is 19.2. The van der Waals surface area contributed by atoms with Crippen LogP contribution in [-0.2, 0) is 35.3 Å². The highest BCUT2D eigenvalue weighted by Crippen LogP contribution is 2.38. The highest BCUT2D eigenvalue weighted by molar-refractivity contribution is 5.81. The molecule has 1 aromatic heterocycles. The first-order valence-electron chi connectivity index (χ1n) is 12.3. The third-order valence-electron chi connectivity index (χ3n) is 5.56. The lowest BCUT2D eigenvalue weighted by atomic mass is 10.0. The van der Waals surface area contributed by atoms with Crippen LogP contribution in [0.25, 0.3) is 0 Å². The number of alkyl halides is 1. The number of ether oxygens (including phenoxy) is 4. The van der Waals surface area contributed by atoms with Gasteiger partial charge >= 0.3 is 23.7 Å². The van der Waals surface area contributed by atoms with Crippen molar-refractivity contribution >= 4 is 18.0 Å². The Morgan fingerprint density at radius 2 is 1.74 bits per heavy atom. The van der Waals surface area contributed by atoms with Gasteiger partial charge in [0.15, 0.2) is 19.6 Å². The van der Waals surface area contributed by atoms with Crippen LogP contribution in [0, 0.1) is 11.8 Å². The van der Waals surface area contributed by atoms with Gasteiger partial charge in [0.1, 0.15) is 23.9 Å². The van der Waals surface area contributed by atoms with E-state index in [-0.39, 0.29) is 0 Å². The maximum atomic E-state index is 15.6. The van der Waals surface area contributed by atoms with Crippen LogP contribution in [0.2, 0.25) is 0 Å². The fraction of sp³-hybridized carbons (Fsp3) is 0.708. The van der Waals surface area contributed by atoms with Crippen LogP contribution >= 0.6 is 0 Å². The number of aliphatic hydroxyl groups is 2. The van der Waals surface area contributed by atoms with Gasteiger partial charge in [-0.15, -0.1) is 0 Å². The number of esters is 2. The second kappa shape index (κ2) is 12.3. The van der Waals surface area contributed by atoms with Crippen molar-refractivity contribution in [2.75, 3.05) is 6.61 Å². The van der Waals surface area contributed by atoms with E-state index in [4.69, 9.17) is 18.9 Å². The molecule has 1 saturated heterocycles. The third-order valence-corrected chi connectivity index (χ3v) is 5.56. The lowest BCUT2D eigenvalue weighted by Crippen LogP contribution is -2.49. The van der Waals surface area contributed by atoms with Gasteiger partial charge in [-0.1, -0.05) is 27.7 Å². The number of aliphatic hydroxyl groups excluding tert-OH is 2. The summed E-state index contributed by atoms with van der Waals surface area (Å²) in [5, 5.41) is 23.1. The number of carbonyl (C=O) groups excluding carboxylic acids is 3. The lowest BCUT2D eigenvalue weighted by molar-refractivity contribution is -0.218. The summed E-state index contributed by atoms with van der Waals surface area (Å²) in [4.78, 5) is 61.5. The number of halogens is 1.